The summed E-state index contributed by atoms with van der Waals surface area (Å²) in [5.74, 6) is 2.05. The van der Waals surface area contributed by atoms with Gasteiger partial charge in [-0.2, -0.15) is 0 Å². The zero-order valence-corrected chi connectivity index (χ0v) is 10.2. The van der Waals surface area contributed by atoms with Crippen molar-refractivity contribution in [2.45, 2.75) is 57.7 Å². The average molecular weight is 236 g/mol. The summed E-state index contributed by atoms with van der Waals surface area (Å²) in [4.78, 5) is 10.4. The van der Waals surface area contributed by atoms with Crippen molar-refractivity contribution in [2.24, 2.45) is 0 Å². The Bertz CT molecular complexity index is 291. The second-order valence-corrected chi connectivity index (χ2v) is 4.53. The van der Waals surface area contributed by atoms with Gasteiger partial charge in [-0.1, -0.05) is 0 Å². The number of allylic oxidation sites excluding steroid dienone is 4. The molecule has 94 valence electrons. The molecule has 0 saturated heterocycles. The van der Waals surface area contributed by atoms with Crippen molar-refractivity contribution < 1.29 is 14.3 Å². The Balaban J connectivity index is 1.84. The molecule has 0 saturated carbocycles. The molecular formula is C14H20O3. The molecule has 0 aromatic heterocycles. The molecule has 0 N–H and O–H groups in total. The Morgan fingerprint density at radius 2 is 1.71 bits per heavy atom. The summed E-state index contributed by atoms with van der Waals surface area (Å²) >= 11 is 0. The number of hydrogen-bond acceptors (Lipinski definition) is 3. The molecule has 0 aromatic carbocycles. The Kier molecular flexibility index (Phi) is 4.65. The summed E-state index contributed by atoms with van der Waals surface area (Å²) in [6, 6.07) is 0. The third-order valence-corrected chi connectivity index (χ3v) is 3.08. The lowest BCUT2D eigenvalue weighted by atomic mass is 10.3. The Hall–Kier alpha value is -1.25. The molecule has 2 aliphatic rings. The highest BCUT2D eigenvalue weighted by Gasteiger charge is 2.17. The summed E-state index contributed by atoms with van der Waals surface area (Å²) in [5, 5.41) is 0. The third-order valence-electron chi connectivity index (χ3n) is 3.08. The summed E-state index contributed by atoms with van der Waals surface area (Å²) in [7, 11) is 0. The van der Waals surface area contributed by atoms with Crippen molar-refractivity contribution >= 4 is 6.29 Å². The van der Waals surface area contributed by atoms with Gasteiger partial charge >= 0.3 is 0 Å². The van der Waals surface area contributed by atoms with E-state index in [0.717, 1.165) is 43.5 Å². The van der Waals surface area contributed by atoms with Gasteiger partial charge in [0.05, 0.1) is 11.5 Å². The first-order valence-electron chi connectivity index (χ1n) is 6.53. The quantitative estimate of drug-likeness (QED) is 0.501. The van der Waals surface area contributed by atoms with Gasteiger partial charge in [0.25, 0.3) is 0 Å². The van der Waals surface area contributed by atoms with Crippen molar-refractivity contribution in [1.82, 2.24) is 0 Å². The van der Waals surface area contributed by atoms with Crippen molar-refractivity contribution in [3.05, 3.63) is 23.7 Å². The molecule has 17 heavy (non-hydrogen) atoms. The van der Waals surface area contributed by atoms with E-state index in [-0.39, 0.29) is 6.29 Å². The maximum Gasteiger partial charge on any atom is 0.240 e. The minimum Gasteiger partial charge on any atom is -0.460 e. The van der Waals surface area contributed by atoms with Gasteiger partial charge in [0.1, 0.15) is 6.29 Å². The van der Waals surface area contributed by atoms with E-state index in [1.807, 2.05) is 0 Å². The molecule has 0 atom stereocenters. The van der Waals surface area contributed by atoms with Gasteiger partial charge in [-0.05, 0) is 37.8 Å². The lowest BCUT2D eigenvalue weighted by Crippen LogP contribution is -2.16. The standard InChI is InChI=1S/C14H20O3/c15-11-5-10-14(16-12-6-1-2-7-12)17-13-8-3-4-9-13/h6,8,11,14H,1-5,7,9-10H2. The lowest BCUT2D eigenvalue weighted by molar-refractivity contribution is -0.114. The second-order valence-electron chi connectivity index (χ2n) is 4.53. The first-order valence-corrected chi connectivity index (χ1v) is 6.53. The van der Waals surface area contributed by atoms with E-state index in [0.29, 0.717) is 12.8 Å². The van der Waals surface area contributed by atoms with Crippen molar-refractivity contribution in [2.75, 3.05) is 0 Å². The molecule has 0 amide bonds. The average Bonchev–Trinajstić information content (AvgIpc) is 2.99. The first kappa shape index (κ1) is 12.2. The molecule has 2 rings (SSSR count). The molecule has 0 aliphatic heterocycles. The van der Waals surface area contributed by atoms with Crippen LogP contribution in [0.3, 0.4) is 0 Å². The van der Waals surface area contributed by atoms with Gasteiger partial charge in [-0.15, -0.1) is 0 Å². The Morgan fingerprint density at radius 1 is 1.12 bits per heavy atom. The van der Waals surface area contributed by atoms with Gasteiger partial charge in [-0.3, -0.25) is 0 Å². The molecule has 2 aliphatic carbocycles. The second kappa shape index (κ2) is 6.48. The molecule has 0 radical (unpaired) electrons. The van der Waals surface area contributed by atoms with E-state index in [4.69, 9.17) is 9.47 Å². The molecule has 3 nitrogen and oxygen atoms in total. The normalized spacial score (nSPS) is 19.1. The summed E-state index contributed by atoms with van der Waals surface area (Å²) in [5.41, 5.74) is 0. The number of carbonyl (C=O) groups is 1. The van der Waals surface area contributed by atoms with E-state index in [1.165, 1.54) is 12.8 Å². The molecule has 0 aromatic rings. The highest BCUT2D eigenvalue weighted by atomic mass is 16.7. The molecule has 0 fully saturated rings. The monoisotopic (exact) mass is 236 g/mol. The van der Waals surface area contributed by atoms with Crippen LogP contribution in [0.5, 0.6) is 0 Å². The summed E-state index contributed by atoms with van der Waals surface area (Å²) in [6.45, 7) is 0. The van der Waals surface area contributed by atoms with Crippen LogP contribution >= 0.6 is 0 Å². The number of ether oxygens (including phenoxy) is 2. The largest absolute Gasteiger partial charge is 0.460 e. The predicted octanol–water partition coefficient (Wildman–Crippen LogP) is 3.46. The van der Waals surface area contributed by atoms with Gasteiger partial charge in [0, 0.05) is 25.7 Å². The number of hydrogen-bond donors (Lipinski definition) is 0. The van der Waals surface area contributed by atoms with Crippen LogP contribution in [0, 0.1) is 0 Å². The maximum atomic E-state index is 10.4. The fourth-order valence-electron chi connectivity index (χ4n) is 2.18. The van der Waals surface area contributed by atoms with Crippen molar-refractivity contribution in [3.8, 4) is 0 Å². The molecule has 0 spiro atoms. The van der Waals surface area contributed by atoms with Crippen LogP contribution in [0.2, 0.25) is 0 Å². The zero-order valence-electron chi connectivity index (χ0n) is 10.2. The van der Waals surface area contributed by atoms with Crippen molar-refractivity contribution in [1.29, 1.82) is 0 Å². The molecule has 0 bridgehead atoms. The minimum atomic E-state index is -0.283. The molecule has 3 heteroatoms. The van der Waals surface area contributed by atoms with Crippen LogP contribution in [0.4, 0.5) is 0 Å². The van der Waals surface area contributed by atoms with Gasteiger partial charge in [0.15, 0.2) is 0 Å². The highest BCUT2D eigenvalue weighted by Crippen LogP contribution is 2.26. The fourth-order valence-corrected chi connectivity index (χ4v) is 2.18. The minimum absolute atomic E-state index is 0.283. The molecule has 0 unspecified atom stereocenters. The Morgan fingerprint density at radius 3 is 2.12 bits per heavy atom. The van der Waals surface area contributed by atoms with E-state index >= 15 is 0 Å². The van der Waals surface area contributed by atoms with E-state index in [9.17, 15) is 4.79 Å². The number of aldehydes is 1. The van der Waals surface area contributed by atoms with E-state index in [2.05, 4.69) is 12.2 Å². The van der Waals surface area contributed by atoms with Crippen LogP contribution in [-0.4, -0.2) is 12.6 Å². The molecule has 0 heterocycles. The SMILES string of the molecule is O=CCCC(OC1=CCCC1)OC1=CCCC1. The fraction of sp³-hybridized carbons (Fsp3) is 0.643. The topological polar surface area (TPSA) is 35.5 Å². The van der Waals surface area contributed by atoms with Crippen molar-refractivity contribution in [3.63, 3.8) is 0 Å². The lowest BCUT2D eigenvalue weighted by Gasteiger charge is -2.21. The van der Waals surface area contributed by atoms with E-state index < -0.39 is 0 Å². The number of carbonyl (C=O) groups excluding carboxylic acids is 1. The summed E-state index contributed by atoms with van der Waals surface area (Å²) < 4.78 is 11.6. The van der Waals surface area contributed by atoms with Gasteiger partial charge in [0.2, 0.25) is 6.29 Å². The molecular weight excluding hydrogens is 216 g/mol. The van der Waals surface area contributed by atoms with Crippen LogP contribution in [-0.2, 0) is 14.3 Å². The van der Waals surface area contributed by atoms with Crippen LogP contribution in [0.15, 0.2) is 23.7 Å². The third kappa shape index (κ3) is 3.91. The predicted molar refractivity (Wildman–Crippen MR) is 65.1 cm³/mol. The first-order chi connectivity index (χ1) is 8.38. The Labute approximate surface area is 102 Å². The number of rotatable bonds is 7. The maximum absolute atomic E-state index is 10.4. The van der Waals surface area contributed by atoms with E-state index in [1.54, 1.807) is 0 Å². The highest BCUT2D eigenvalue weighted by molar-refractivity contribution is 5.49. The van der Waals surface area contributed by atoms with Gasteiger partial charge < -0.3 is 14.3 Å². The van der Waals surface area contributed by atoms with Crippen LogP contribution < -0.4 is 0 Å². The van der Waals surface area contributed by atoms with Gasteiger partial charge in [-0.25, -0.2) is 0 Å². The zero-order chi connectivity index (χ0) is 11.9. The van der Waals surface area contributed by atoms with Crippen LogP contribution in [0.1, 0.15) is 51.4 Å². The smallest absolute Gasteiger partial charge is 0.240 e. The summed E-state index contributed by atoms with van der Waals surface area (Å²) in [6.07, 6.45) is 12.5. The van der Waals surface area contributed by atoms with Crippen LogP contribution in [0.25, 0.3) is 0 Å².